The third-order valence-corrected chi connectivity index (χ3v) is 20.7. The summed E-state index contributed by atoms with van der Waals surface area (Å²) in [7, 11) is 8.59. The van der Waals surface area contributed by atoms with E-state index in [9.17, 15) is 70.7 Å². The zero-order valence-corrected chi connectivity index (χ0v) is 58.9. The standard InChI is InChI=1S/C68H104ClF3N12O12/c1-12-43(4)58-66(95)77(7)41-57(88)83-35-22-26-51(83)64(93)79(9)52(38-45-23-15-13-16-24-45)63(92)76(6)40-54(85)74-49(31-29-46-28-30-47(48(69)37-46)68(70,71)72)62(91)84-36-21-25-50(84)61(90)73-32-18-17-27-55(86)81(11)59(42(2)3)67(96)80(10)53(65(94)82-33-19-14-20-34-82)39-56(87)78(8)44(5)60(89)75-58/h28,30,37,42-45,49-53,58-59H,12-27,29,31-36,38-41H2,1-11H3,(H,73,90)(H,74,85)(H,75,89)/t43-,44-,49-,50-,51-,52-,53-,58-,59-/m0/s1. The monoisotopic (exact) mass is 1370 g/mol. The van der Waals surface area contributed by atoms with Crippen LogP contribution in [0.4, 0.5) is 13.2 Å². The number of carbonyl (C=O) groups excluding carboxylic acids is 12. The van der Waals surface area contributed by atoms with Gasteiger partial charge in [-0.15, -0.1) is 0 Å². The third kappa shape index (κ3) is 20.1. The van der Waals surface area contributed by atoms with Crippen LogP contribution in [0.3, 0.4) is 0 Å². The number of benzene rings is 1. The van der Waals surface area contributed by atoms with Gasteiger partial charge in [0.1, 0.15) is 48.3 Å². The Morgan fingerprint density at radius 1 is 0.625 bits per heavy atom. The molecular weight excluding hydrogens is 1270 g/mol. The normalized spacial score (nSPS) is 26.9. The number of likely N-dealkylation sites (N-methyl/N-ethyl adjacent to an activating group) is 6. The lowest BCUT2D eigenvalue weighted by Crippen LogP contribution is -2.59. The summed E-state index contributed by atoms with van der Waals surface area (Å²) < 4.78 is 41.2. The first-order valence-electron chi connectivity index (χ1n) is 34.5. The molecule has 4 saturated heterocycles. The Morgan fingerprint density at radius 2 is 1.25 bits per heavy atom. The number of hydrogen-bond donors (Lipinski definition) is 3. The molecule has 536 valence electrons. The van der Waals surface area contributed by atoms with Gasteiger partial charge in [0.2, 0.25) is 70.9 Å². The van der Waals surface area contributed by atoms with Gasteiger partial charge in [-0.3, -0.25) is 57.5 Å². The molecule has 0 unspecified atom stereocenters. The molecule has 4 aliphatic heterocycles. The topological polar surface area (TPSA) is 270 Å². The zero-order valence-electron chi connectivity index (χ0n) is 58.1. The quantitative estimate of drug-likeness (QED) is 0.299. The fourth-order valence-electron chi connectivity index (χ4n) is 14.0. The van der Waals surface area contributed by atoms with Crippen molar-refractivity contribution >= 4 is 82.5 Å². The number of fused-ring (bicyclic) bond motifs is 2. The van der Waals surface area contributed by atoms with Crippen LogP contribution < -0.4 is 16.0 Å². The maximum Gasteiger partial charge on any atom is 0.417 e. The van der Waals surface area contributed by atoms with Crippen LogP contribution in [0.25, 0.3) is 0 Å². The molecule has 5 aliphatic rings. The molecule has 0 bridgehead atoms. The maximum atomic E-state index is 14.9. The summed E-state index contributed by atoms with van der Waals surface area (Å²) >= 11 is 6.10. The van der Waals surface area contributed by atoms with Gasteiger partial charge in [0.25, 0.3) is 0 Å². The van der Waals surface area contributed by atoms with E-state index in [1.165, 1.54) is 84.7 Å². The summed E-state index contributed by atoms with van der Waals surface area (Å²) in [6.07, 6.45) is 3.82. The first-order valence-corrected chi connectivity index (χ1v) is 34.8. The summed E-state index contributed by atoms with van der Waals surface area (Å²) in [6.45, 7) is 8.66. The molecule has 6 rings (SSSR count). The molecule has 0 spiro atoms. The highest BCUT2D eigenvalue weighted by Gasteiger charge is 2.45. The number of piperidine rings is 1. The number of rotatable bonds is 9. The largest absolute Gasteiger partial charge is 0.417 e. The van der Waals surface area contributed by atoms with Gasteiger partial charge < -0.3 is 60.0 Å². The second-order valence-electron chi connectivity index (χ2n) is 27.5. The number of amides is 12. The number of carbonyl (C=O) groups is 12. The number of nitrogens with zero attached hydrogens (tertiary/aromatic N) is 9. The molecule has 5 fully saturated rings. The molecule has 0 radical (unpaired) electrons. The summed E-state index contributed by atoms with van der Waals surface area (Å²) in [6, 6.07) is -6.07. The molecule has 1 aliphatic carbocycles. The molecule has 1 saturated carbocycles. The molecule has 96 heavy (non-hydrogen) atoms. The molecule has 1 aromatic carbocycles. The molecular formula is C68H104ClF3N12O12. The predicted molar refractivity (Wildman–Crippen MR) is 353 cm³/mol. The Hall–Kier alpha value is -7.06. The fourth-order valence-corrected chi connectivity index (χ4v) is 14.3. The van der Waals surface area contributed by atoms with Gasteiger partial charge in [-0.2, -0.15) is 13.2 Å². The average Bonchev–Trinajstić information content (AvgIpc) is 1.28. The average molecular weight is 1370 g/mol. The Balaban J connectivity index is 1.32. The third-order valence-electron chi connectivity index (χ3n) is 20.4. The number of likely N-dealkylation sites (tertiary alicyclic amines) is 1. The van der Waals surface area contributed by atoms with Gasteiger partial charge >= 0.3 is 6.18 Å². The highest BCUT2D eigenvalue weighted by Crippen LogP contribution is 2.36. The van der Waals surface area contributed by atoms with Crippen molar-refractivity contribution in [3.8, 4) is 0 Å². The van der Waals surface area contributed by atoms with Gasteiger partial charge in [0.15, 0.2) is 0 Å². The van der Waals surface area contributed by atoms with E-state index in [4.69, 9.17) is 11.6 Å². The first-order chi connectivity index (χ1) is 45.3. The van der Waals surface area contributed by atoms with Crippen molar-refractivity contribution in [2.24, 2.45) is 17.8 Å². The minimum Gasteiger partial charge on any atom is -0.354 e. The van der Waals surface area contributed by atoms with Crippen LogP contribution in [-0.2, 0) is 70.1 Å². The maximum absolute atomic E-state index is 14.9. The first kappa shape index (κ1) is 77.9. The predicted octanol–water partition coefficient (Wildman–Crippen LogP) is 4.86. The molecule has 1 aromatic rings. The van der Waals surface area contributed by atoms with Crippen molar-refractivity contribution < 1.29 is 70.7 Å². The molecule has 28 heteroatoms. The van der Waals surface area contributed by atoms with Gasteiger partial charge in [0, 0.05) is 81.4 Å². The van der Waals surface area contributed by atoms with Crippen molar-refractivity contribution in [2.45, 2.75) is 218 Å². The molecule has 12 amide bonds. The van der Waals surface area contributed by atoms with Crippen LogP contribution in [-0.4, -0.2) is 251 Å². The Labute approximate surface area is 568 Å². The second-order valence-corrected chi connectivity index (χ2v) is 28.0. The van der Waals surface area contributed by atoms with Crippen LogP contribution in [0.2, 0.25) is 5.02 Å². The van der Waals surface area contributed by atoms with E-state index < -0.39 is 167 Å². The minimum atomic E-state index is -4.73. The van der Waals surface area contributed by atoms with E-state index in [1.54, 1.807) is 25.7 Å². The van der Waals surface area contributed by atoms with E-state index >= 15 is 0 Å². The van der Waals surface area contributed by atoms with Gasteiger partial charge in [-0.05, 0) is 119 Å². The van der Waals surface area contributed by atoms with Crippen molar-refractivity contribution in [2.75, 3.05) is 88.1 Å². The van der Waals surface area contributed by atoms with E-state index in [2.05, 4.69) is 16.0 Å². The van der Waals surface area contributed by atoms with Crippen LogP contribution in [0, 0.1) is 17.8 Å². The lowest BCUT2D eigenvalue weighted by atomic mass is 9.84. The molecule has 3 N–H and O–H groups in total. The second kappa shape index (κ2) is 35.4. The Morgan fingerprint density at radius 3 is 1.88 bits per heavy atom. The molecule has 4 heterocycles. The zero-order chi connectivity index (χ0) is 71.0. The fraction of sp³-hybridized carbons (Fsp3) is 0.735. The number of aryl methyl sites for hydroxylation is 1. The van der Waals surface area contributed by atoms with Crippen LogP contribution in [0.1, 0.15) is 168 Å². The molecule has 9 atom stereocenters. The van der Waals surface area contributed by atoms with Gasteiger partial charge in [0.05, 0.1) is 30.1 Å². The lowest BCUT2D eigenvalue weighted by molar-refractivity contribution is -0.154. The van der Waals surface area contributed by atoms with Crippen molar-refractivity contribution in [1.82, 2.24) is 60.0 Å². The van der Waals surface area contributed by atoms with Gasteiger partial charge in [-0.25, -0.2) is 0 Å². The number of alkyl halides is 3. The molecule has 0 aromatic heterocycles. The SMILES string of the molecule is CC[C@H](C)[C@@H]1NC(=O)[C@H](C)N(C)C(=O)C[C@@H](C(=O)N2CCCCC2)N(C)C(=O)[C@H](C(C)C)N(C)C(=O)CCCCNC(=O)[C@@H]2CCCN2C(=O)[C@H](CCc2ccc(C(F)(F)F)c(Cl)c2)NC(=O)CN(C)C(=O)[C@H](CC2CCCCC2)N(C)C(=O)[C@@H]2CCCN2C(=O)CN(C)C1=O. The van der Waals surface area contributed by atoms with E-state index in [1.807, 2.05) is 6.92 Å². The van der Waals surface area contributed by atoms with Crippen LogP contribution >= 0.6 is 11.6 Å². The summed E-state index contributed by atoms with van der Waals surface area (Å²) in [5.41, 5.74) is -0.728. The number of hydrogen-bond acceptors (Lipinski definition) is 12. The highest BCUT2D eigenvalue weighted by atomic mass is 35.5. The summed E-state index contributed by atoms with van der Waals surface area (Å²) in [5.74, 6) is -7.94. The number of halogens is 4. The van der Waals surface area contributed by atoms with E-state index in [0.717, 1.165) is 60.5 Å². The smallest absolute Gasteiger partial charge is 0.354 e. The van der Waals surface area contributed by atoms with Crippen LogP contribution in [0.5, 0.6) is 0 Å². The van der Waals surface area contributed by atoms with Crippen molar-refractivity contribution in [1.29, 1.82) is 0 Å². The van der Waals surface area contributed by atoms with Crippen molar-refractivity contribution in [3.63, 3.8) is 0 Å². The minimum absolute atomic E-state index is 0.0371. The summed E-state index contributed by atoms with van der Waals surface area (Å²) in [4.78, 5) is 185. The lowest BCUT2D eigenvalue weighted by Gasteiger charge is -2.39. The molecule has 24 nitrogen and oxygen atoms in total. The Bertz CT molecular complexity index is 2960. The van der Waals surface area contributed by atoms with Crippen molar-refractivity contribution in [3.05, 3.63) is 34.3 Å². The Kier molecular flexibility index (Phi) is 28.8. The number of nitrogens with one attached hydrogen (secondary N) is 3. The highest BCUT2D eigenvalue weighted by molar-refractivity contribution is 6.31. The van der Waals surface area contributed by atoms with Gasteiger partial charge in [-0.1, -0.05) is 83.9 Å². The van der Waals surface area contributed by atoms with Crippen LogP contribution in [0.15, 0.2) is 18.2 Å². The van der Waals surface area contributed by atoms with E-state index in [-0.39, 0.29) is 70.5 Å². The van der Waals surface area contributed by atoms with E-state index in [0.29, 0.717) is 57.2 Å². The summed E-state index contributed by atoms with van der Waals surface area (Å²) in [5, 5.41) is 7.88.